The van der Waals surface area contributed by atoms with E-state index in [9.17, 15) is 4.79 Å². The van der Waals surface area contributed by atoms with E-state index >= 15 is 0 Å². The molecular formula is C15H20ClN3OS. The van der Waals surface area contributed by atoms with Gasteiger partial charge in [-0.1, -0.05) is 17.7 Å². The van der Waals surface area contributed by atoms with E-state index in [-0.39, 0.29) is 18.3 Å². The van der Waals surface area contributed by atoms with Crippen LogP contribution in [0.4, 0.5) is 0 Å². The first-order valence-electron chi connectivity index (χ1n) is 6.50. The molecule has 0 aliphatic rings. The molecule has 2 rings (SSSR count). The number of rotatable bonds is 4. The minimum atomic E-state index is -0.152. The van der Waals surface area contributed by atoms with Crippen LogP contribution in [0.2, 0.25) is 0 Å². The van der Waals surface area contributed by atoms with Crippen molar-refractivity contribution in [3.05, 3.63) is 50.5 Å². The average Bonchev–Trinajstić information content (AvgIpc) is 2.86. The fourth-order valence-electron chi connectivity index (χ4n) is 2.26. The Bertz CT molecular complexity index is 617. The van der Waals surface area contributed by atoms with Crippen LogP contribution in [0, 0.1) is 20.8 Å². The minimum absolute atomic E-state index is 0. The Balaban J connectivity index is 0.00000220. The van der Waals surface area contributed by atoms with Crippen molar-refractivity contribution >= 4 is 29.7 Å². The molecule has 2 aromatic rings. The van der Waals surface area contributed by atoms with Gasteiger partial charge in [-0.15, -0.1) is 23.7 Å². The summed E-state index contributed by atoms with van der Waals surface area (Å²) in [5.74, 6) is -0.152. The number of thiazole rings is 1. The van der Waals surface area contributed by atoms with Gasteiger partial charge in [0, 0.05) is 18.5 Å². The van der Waals surface area contributed by atoms with E-state index in [1.165, 1.54) is 33.6 Å². The number of carbonyl (C=O) groups excluding carboxylic acids is 1. The van der Waals surface area contributed by atoms with Crippen LogP contribution in [0.15, 0.2) is 17.5 Å². The van der Waals surface area contributed by atoms with Crippen LogP contribution in [0.5, 0.6) is 0 Å². The fourth-order valence-corrected chi connectivity index (χ4v) is 2.91. The summed E-state index contributed by atoms with van der Waals surface area (Å²) in [6.07, 6.45) is 0. The molecule has 0 atom stereocenters. The number of nitrogens with one attached hydrogen (secondary N) is 1. The summed E-state index contributed by atoms with van der Waals surface area (Å²) in [7, 11) is 0. The third kappa shape index (κ3) is 4.27. The van der Waals surface area contributed by atoms with Crippen LogP contribution >= 0.6 is 23.7 Å². The monoisotopic (exact) mass is 325 g/mol. The van der Waals surface area contributed by atoms with E-state index in [1.54, 1.807) is 5.38 Å². The summed E-state index contributed by atoms with van der Waals surface area (Å²) in [6.45, 7) is 7.10. The van der Waals surface area contributed by atoms with Gasteiger partial charge >= 0.3 is 0 Å². The average molecular weight is 326 g/mol. The number of carbonyl (C=O) groups is 1. The standard InChI is InChI=1S/C15H19N3OS.ClH/c1-9-4-10(2)12(11(3)5-9)7-17-15(19)13-8-20-14(6-16)18-13;/h4-5,8H,6-7,16H2,1-3H3,(H,17,19);1H. The molecule has 0 fully saturated rings. The Morgan fingerprint density at radius 2 is 1.90 bits per heavy atom. The van der Waals surface area contributed by atoms with Crippen LogP contribution in [0.1, 0.15) is 37.7 Å². The van der Waals surface area contributed by atoms with E-state index in [4.69, 9.17) is 5.73 Å². The summed E-state index contributed by atoms with van der Waals surface area (Å²) in [5.41, 5.74) is 10.7. The van der Waals surface area contributed by atoms with E-state index in [1.807, 2.05) is 0 Å². The number of benzene rings is 1. The van der Waals surface area contributed by atoms with Gasteiger partial charge in [-0.05, 0) is 37.5 Å². The molecule has 0 saturated carbocycles. The molecule has 1 aromatic heterocycles. The number of nitrogens with zero attached hydrogens (tertiary/aromatic N) is 1. The highest BCUT2D eigenvalue weighted by molar-refractivity contribution is 7.09. The van der Waals surface area contributed by atoms with Gasteiger partial charge < -0.3 is 11.1 Å². The Labute approximate surface area is 135 Å². The molecule has 1 heterocycles. The normalized spacial score (nSPS) is 10.1. The maximum Gasteiger partial charge on any atom is 0.271 e. The highest BCUT2D eigenvalue weighted by Crippen LogP contribution is 2.16. The quantitative estimate of drug-likeness (QED) is 0.908. The van der Waals surface area contributed by atoms with Gasteiger partial charge in [0.05, 0.1) is 0 Å². The fraction of sp³-hybridized carbons (Fsp3) is 0.333. The number of nitrogens with two attached hydrogens (primary N) is 1. The number of hydrogen-bond donors (Lipinski definition) is 2. The first-order chi connectivity index (χ1) is 9.51. The molecule has 6 heteroatoms. The predicted octanol–water partition coefficient (Wildman–Crippen LogP) is 2.88. The predicted molar refractivity (Wildman–Crippen MR) is 89.1 cm³/mol. The molecule has 0 unspecified atom stereocenters. The third-order valence-corrected chi connectivity index (χ3v) is 4.10. The van der Waals surface area contributed by atoms with Gasteiger partial charge in [-0.25, -0.2) is 4.98 Å². The Morgan fingerprint density at radius 3 is 2.43 bits per heavy atom. The number of halogens is 1. The van der Waals surface area contributed by atoms with E-state index in [0.29, 0.717) is 18.8 Å². The van der Waals surface area contributed by atoms with Crippen molar-refractivity contribution in [2.24, 2.45) is 5.73 Å². The summed E-state index contributed by atoms with van der Waals surface area (Å²) in [5, 5.41) is 5.44. The zero-order valence-corrected chi connectivity index (χ0v) is 14.0. The van der Waals surface area contributed by atoms with Crippen molar-refractivity contribution in [1.29, 1.82) is 0 Å². The highest BCUT2D eigenvalue weighted by atomic mass is 35.5. The van der Waals surface area contributed by atoms with Crippen molar-refractivity contribution in [1.82, 2.24) is 10.3 Å². The number of amides is 1. The molecule has 114 valence electrons. The molecule has 0 radical (unpaired) electrons. The first-order valence-corrected chi connectivity index (χ1v) is 7.38. The van der Waals surface area contributed by atoms with Crippen LogP contribution < -0.4 is 11.1 Å². The number of aromatic nitrogens is 1. The van der Waals surface area contributed by atoms with Gasteiger partial charge in [-0.3, -0.25) is 4.79 Å². The Hall–Kier alpha value is -1.43. The number of aryl methyl sites for hydroxylation is 3. The van der Waals surface area contributed by atoms with E-state index in [2.05, 4.69) is 43.2 Å². The smallest absolute Gasteiger partial charge is 0.271 e. The molecular weight excluding hydrogens is 306 g/mol. The Morgan fingerprint density at radius 1 is 1.29 bits per heavy atom. The van der Waals surface area contributed by atoms with E-state index in [0.717, 1.165) is 5.01 Å². The lowest BCUT2D eigenvalue weighted by molar-refractivity contribution is 0.0946. The van der Waals surface area contributed by atoms with Gasteiger partial charge in [0.1, 0.15) is 10.7 Å². The molecule has 0 bridgehead atoms. The van der Waals surface area contributed by atoms with Crippen molar-refractivity contribution < 1.29 is 4.79 Å². The van der Waals surface area contributed by atoms with Crippen LogP contribution in [0.3, 0.4) is 0 Å². The van der Waals surface area contributed by atoms with Crippen LogP contribution in [-0.4, -0.2) is 10.9 Å². The maximum atomic E-state index is 12.0. The second-order valence-corrected chi connectivity index (χ2v) is 5.83. The summed E-state index contributed by atoms with van der Waals surface area (Å²) < 4.78 is 0. The summed E-state index contributed by atoms with van der Waals surface area (Å²) >= 11 is 1.41. The molecule has 3 N–H and O–H groups in total. The van der Waals surface area contributed by atoms with Gasteiger partial charge in [0.15, 0.2) is 0 Å². The van der Waals surface area contributed by atoms with Crippen molar-refractivity contribution in [3.8, 4) is 0 Å². The Kier molecular flexibility index (Phi) is 6.33. The minimum Gasteiger partial charge on any atom is -0.347 e. The highest BCUT2D eigenvalue weighted by Gasteiger charge is 2.11. The first kappa shape index (κ1) is 17.6. The van der Waals surface area contributed by atoms with E-state index < -0.39 is 0 Å². The van der Waals surface area contributed by atoms with Gasteiger partial charge in [-0.2, -0.15) is 0 Å². The number of hydrogen-bond acceptors (Lipinski definition) is 4. The van der Waals surface area contributed by atoms with Gasteiger partial charge in [0.25, 0.3) is 5.91 Å². The second-order valence-electron chi connectivity index (χ2n) is 4.89. The topological polar surface area (TPSA) is 68.0 Å². The van der Waals surface area contributed by atoms with Crippen molar-refractivity contribution in [2.45, 2.75) is 33.9 Å². The van der Waals surface area contributed by atoms with Crippen molar-refractivity contribution in [2.75, 3.05) is 0 Å². The molecule has 1 amide bonds. The molecule has 21 heavy (non-hydrogen) atoms. The molecule has 1 aromatic carbocycles. The maximum absolute atomic E-state index is 12.0. The SMILES string of the molecule is Cc1cc(C)c(CNC(=O)c2csc(CN)n2)c(C)c1.Cl. The summed E-state index contributed by atoms with van der Waals surface area (Å²) in [4.78, 5) is 16.2. The second kappa shape index (κ2) is 7.54. The molecule has 0 saturated heterocycles. The zero-order valence-electron chi connectivity index (χ0n) is 12.4. The van der Waals surface area contributed by atoms with Crippen molar-refractivity contribution in [3.63, 3.8) is 0 Å². The largest absolute Gasteiger partial charge is 0.347 e. The lowest BCUT2D eigenvalue weighted by Crippen LogP contribution is -2.24. The zero-order chi connectivity index (χ0) is 14.7. The molecule has 4 nitrogen and oxygen atoms in total. The van der Waals surface area contributed by atoms with Crippen LogP contribution in [0.25, 0.3) is 0 Å². The third-order valence-electron chi connectivity index (χ3n) is 3.23. The van der Waals surface area contributed by atoms with Gasteiger partial charge in [0.2, 0.25) is 0 Å². The molecule has 0 aliphatic heterocycles. The lowest BCUT2D eigenvalue weighted by Gasteiger charge is -2.11. The molecule has 0 aliphatic carbocycles. The lowest BCUT2D eigenvalue weighted by atomic mass is 10.00. The van der Waals surface area contributed by atoms with Crippen LogP contribution in [-0.2, 0) is 13.1 Å². The summed E-state index contributed by atoms with van der Waals surface area (Å²) in [6, 6.07) is 4.26. The molecule has 0 spiro atoms.